The third kappa shape index (κ3) is 4.90. The number of amides is 2. The minimum Gasteiger partial charge on any atom is -0.465 e. The number of hydrogen-bond acceptors (Lipinski definition) is 4. The largest absolute Gasteiger partial charge is 0.465 e. The summed E-state index contributed by atoms with van der Waals surface area (Å²) in [7, 11) is 0. The van der Waals surface area contributed by atoms with Crippen molar-refractivity contribution in [2.24, 2.45) is 0 Å². The maximum Gasteiger partial charge on any atom is 0.407 e. The molecule has 4 aromatic rings. The number of furan rings is 1. The zero-order valence-corrected chi connectivity index (χ0v) is 19.5. The van der Waals surface area contributed by atoms with Crippen LogP contribution in [0.2, 0.25) is 0 Å². The summed E-state index contributed by atoms with van der Waals surface area (Å²) >= 11 is 0. The van der Waals surface area contributed by atoms with E-state index < -0.39 is 6.09 Å². The number of benzene rings is 3. The van der Waals surface area contributed by atoms with Crippen molar-refractivity contribution in [1.29, 1.82) is 0 Å². The van der Waals surface area contributed by atoms with Gasteiger partial charge < -0.3 is 19.7 Å². The van der Waals surface area contributed by atoms with E-state index in [2.05, 4.69) is 16.3 Å². The van der Waals surface area contributed by atoms with E-state index in [1.807, 2.05) is 73.7 Å². The van der Waals surface area contributed by atoms with Crippen LogP contribution in [-0.4, -0.2) is 53.1 Å². The lowest BCUT2D eigenvalue weighted by atomic mass is 10.1. The van der Waals surface area contributed by atoms with Gasteiger partial charge in [0, 0.05) is 49.2 Å². The zero-order chi connectivity index (χ0) is 24.4. The summed E-state index contributed by atoms with van der Waals surface area (Å²) in [6, 6.07) is 23.3. The van der Waals surface area contributed by atoms with Gasteiger partial charge in [0.25, 0.3) is 5.91 Å². The molecule has 0 unspecified atom stereocenters. The van der Waals surface area contributed by atoms with E-state index in [0.717, 1.165) is 34.2 Å². The Balaban J connectivity index is 1.35. The standard InChI is InChI=1S/C28H27N3O4/c1-19-6-2-3-7-22(19)27(32)29-24-9-5-4-8-23(24)26-17-21-11-10-20(16-25(21)35-26)18-30-12-14-31(15-13-30)28(33)34/h2-11,16-17H,12-15,18H2,1H3,(H,29,32)(H,33,34). The molecule has 178 valence electrons. The number of carboxylic acid groups (broad SMARTS) is 1. The maximum atomic E-state index is 12.9. The molecule has 1 fully saturated rings. The Hall–Kier alpha value is -4.10. The van der Waals surface area contributed by atoms with E-state index in [1.54, 1.807) is 0 Å². The van der Waals surface area contributed by atoms with Crippen molar-refractivity contribution in [2.45, 2.75) is 13.5 Å². The predicted octanol–water partition coefficient (Wildman–Crippen LogP) is 5.46. The molecule has 3 aromatic carbocycles. The third-order valence-electron chi connectivity index (χ3n) is 6.46. The fourth-order valence-electron chi connectivity index (χ4n) is 4.49. The quantitative estimate of drug-likeness (QED) is 0.406. The molecule has 7 heteroatoms. The van der Waals surface area contributed by atoms with Crippen molar-refractivity contribution in [1.82, 2.24) is 9.80 Å². The molecule has 5 rings (SSSR count). The lowest BCUT2D eigenvalue weighted by Crippen LogP contribution is -2.47. The van der Waals surface area contributed by atoms with Crippen LogP contribution in [0.5, 0.6) is 0 Å². The molecule has 2 N–H and O–H groups in total. The van der Waals surface area contributed by atoms with Crippen LogP contribution >= 0.6 is 0 Å². The number of carbonyl (C=O) groups excluding carboxylic acids is 1. The highest BCUT2D eigenvalue weighted by molar-refractivity contribution is 6.07. The van der Waals surface area contributed by atoms with E-state index in [-0.39, 0.29) is 5.91 Å². The fraction of sp³-hybridized carbons (Fsp3) is 0.214. The number of piperazine rings is 1. The molecule has 1 aliphatic heterocycles. The van der Waals surface area contributed by atoms with Crippen molar-refractivity contribution in [2.75, 3.05) is 31.5 Å². The summed E-state index contributed by atoms with van der Waals surface area (Å²) in [6.07, 6.45) is -0.857. The van der Waals surface area contributed by atoms with Crippen LogP contribution in [-0.2, 0) is 6.54 Å². The Bertz CT molecular complexity index is 1390. The maximum absolute atomic E-state index is 12.9. The van der Waals surface area contributed by atoms with Crippen LogP contribution in [0.4, 0.5) is 10.5 Å². The lowest BCUT2D eigenvalue weighted by Gasteiger charge is -2.33. The van der Waals surface area contributed by atoms with Crippen molar-refractivity contribution in [3.05, 3.63) is 89.5 Å². The number of fused-ring (bicyclic) bond motifs is 1. The van der Waals surface area contributed by atoms with Crippen LogP contribution in [0.15, 0.2) is 77.2 Å². The molecule has 35 heavy (non-hydrogen) atoms. The van der Waals surface area contributed by atoms with E-state index in [0.29, 0.717) is 43.2 Å². The van der Waals surface area contributed by atoms with Gasteiger partial charge in [-0.25, -0.2) is 4.79 Å². The molecular weight excluding hydrogens is 442 g/mol. The number of rotatable bonds is 5. The average Bonchev–Trinajstić information content (AvgIpc) is 3.28. The number of hydrogen-bond donors (Lipinski definition) is 2. The van der Waals surface area contributed by atoms with E-state index in [4.69, 9.17) is 9.52 Å². The molecule has 1 saturated heterocycles. The summed E-state index contributed by atoms with van der Waals surface area (Å²) in [5.74, 6) is 0.532. The van der Waals surface area contributed by atoms with E-state index >= 15 is 0 Å². The summed E-state index contributed by atoms with van der Waals surface area (Å²) in [6.45, 7) is 5.12. The first-order chi connectivity index (χ1) is 17.0. The molecule has 2 heterocycles. The highest BCUT2D eigenvalue weighted by Gasteiger charge is 2.21. The highest BCUT2D eigenvalue weighted by Crippen LogP contribution is 2.33. The van der Waals surface area contributed by atoms with Crippen molar-refractivity contribution in [3.8, 4) is 11.3 Å². The number of para-hydroxylation sites is 1. The van der Waals surface area contributed by atoms with Crippen LogP contribution in [0.3, 0.4) is 0 Å². The average molecular weight is 470 g/mol. The van der Waals surface area contributed by atoms with Gasteiger partial charge in [0.15, 0.2) is 0 Å². The summed E-state index contributed by atoms with van der Waals surface area (Å²) in [5, 5.41) is 13.2. The zero-order valence-electron chi connectivity index (χ0n) is 19.5. The Morgan fingerprint density at radius 1 is 0.943 bits per heavy atom. The van der Waals surface area contributed by atoms with Gasteiger partial charge in [-0.05, 0) is 48.4 Å². The SMILES string of the molecule is Cc1ccccc1C(=O)Nc1ccccc1-c1cc2ccc(CN3CCN(C(=O)O)CC3)cc2o1. The van der Waals surface area contributed by atoms with Gasteiger partial charge >= 0.3 is 6.09 Å². The molecule has 7 nitrogen and oxygen atoms in total. The number of anilines is 1. The van der Waals surface area contributed by atoms with Gasteiger partial charge in [0.1, 0.15) is 11.3 Å². The smallest absolute Gasteiger partial charge is 0.407 e. The Morgan fingerprint density at radius 2 is 1.69 bits per heavy atom. The second-order valence-electron chi connectivity index (χ2n) is 8.84. The third-order valence-corrected chi connectivity index (χ3v) is 6.46. The Labute approximate surface area is 203 Å². The second-order valence-corrected chi connectivity index (χ2v) is 8.84. The topological polar surface area (TPSA) is 86.0 Å². The lowest BCUT2D eigenvalue weighted by molar-refractivity contribution is 0.102. The van der Waals surface area contributed by atoms with E-state index in [1.165, 1.54) is 4.90 Å². The molecule has 0 radical (unpaired) electrons. The summed E-state index contributed by atoms with van der Waals surface area (Å²) < 4.78 is 6.23. The van der Waals surface area contributed by atoms with Gasteiger partial charge in [-0.15, -0.1) is 0 Å². The van der Waals surface area contributed by atoms with Crippen molar-refractivity contribution < 1.29 is 19.1 Å². The Kier molecular flexibility index (Phi) is 6.25. The molecule has 0 aliphatic carbocycles. The number of nitrogens with one attached hydrogen (secondary N) is 1. The molecule has 1 aromatic heterocycles. The fourth-order valence-corrected chi connectivity index (χ4v) is 4.49. The molecule has 0 bridgehead atoms. The van der Waals surface area contributed by atoms with Gasteiger partial charge in [-0.1, -0.05) is 42.5 Å². The van der Waals surface area contributed by atoms with Crippen LogP contribution in [0.1, 0.15) is 21.5 Å². The van der Waals surface area contributed by atoms with Crippen LogP contribution < -0.4 is 5.32 Å². The van der Waals surface area contributed by atoms with Gasteiger partial charge in [0.2, 0.25) is 0 Å². The van der Waals surface area contributed by atoms with E-state index in [9.17, 15) is 9.59 Å². The highest BCUT2D eigenvalue weighted by atomic mass is 16.4. The molecule has 0 saturated carbocycles. The Morgan fingerprint density at radius 3 is 2.46 bits per heavy atom. The van der Waals surface area contributed by atoms with Crippen LogP contribution in [0.25, 0.3) is 22.3 Å². The molecule has 0 spiro atoms. The summed E-state index contributed by atoms with van der Waals surface area (Å²) in [5.41, 5.74) is 4.96. The number of carbonyl (C=O) groups is 2. The first-order valence-corrected chi connectivity index (χ1v) is 11.7. The van der Waals surface area contributed by atoms with Gasteiger partial charge in [-0.3, -0.25) is 9.69 Å². The molecule has 1 aliphatic rings. The predicted molar refractivity (Wildman–Crippen MR) is 136 cm³/mol. The number of aryl methyl sites for hydroxylation is 1. The number of nitrogens with zero attached hydrogens (tertiary/aromatic N) is 2. The molecule has 0 atom stereocenters. The van der Waals surface area contributed by atoms with Gasteiger partial charge in [0.05, 0.1) is 5.69 Å². The molecule has 2 amide bonds. The minimum atomic E-state index is -0.857. The van der Waals surface area contributed by atoms with Crippen molar-refractivity contribution in [3.63, 3.8) is 0 Å². The second kappa shape index (κ2) is 9.64. The summed E-state index contributed by atoms with van der Waals surface area (Å²) in [4.78, 5) is 27.7. The molecular formula is C28H27N3O4. The monoisotopic (exact) mass is 469 g/mol. The first-order valence-electron chi connectivity index (χ1n) is 11.7. The normalized spacial score (nSPS) is 14.3. The first kappa shape index (κ1) is 22.7. The minimum absolute atomic E-state index is 0.156. The van der Waals surface area contributed by atoms with Crippen molar-refractivity contribution >= 4 is 28.7 Å². The van der Waals surface area contributed by atoms with Crippen LogP contribution in [0, 0.1) is 6.92 Å². The van der Waals surface area contributed by atoms with Gasteiger partial charge in [-0.2, -0.15) is 0 Å².